The quantitative estimate of drug-likeness (QED) is 0.117. The maximum Gasteiger partial charge on any atom is 0.417 e. The van der Waals surface area contributed by atoms with Crippen molar-refractivity contribution in [1.29, 1.82) is 0 Å². The number of nitrogens with one attached hydrogen (secondary N) is 2. The van der Waals surface area contributed by atoms with Gasteiger partial charge in [-0.3, -0.25) is 9.52 Å². The fourth-order valence-electron chi connectivity index (χ4n) is 5.98. The van der Waals surface area contributed by atoms with E-state index in [1.54, 1.807) is 7.05 Å². The van der Waals surface area contributed by atoms with Gasteiger partial charge in [-0.2, -0.15) is 13.2 Å². The maximum atomic E-state index is 13.3. The summed E-state index contributed by atoms with van der Waals surface area (Å²) in [6.07, 6.45) is -2.39. The zero-order chi connectivity index (χ0) is 36.7. The van der Waals surface area contributed by atoms with Crippen LogP contribution >= 0.6 is 12.8 Å². The molecule has 1 fully saturated rings. The number of thiol groups is 1. The summed E-state index contributed by atoms with van der Waals surface area (Å²) in [7, 11) is 3.74. The van der Waals surface area contributed by atoms with Gasteiger partial charge in [-0.25, -0.2) is 9.97 Å². The van der Waals surface area contributed by atoms with Crippen LogP contribution in [-0.4, -0.2) is 58.7 Å². The molecule has 9 nitrogen and oxygen atoms in total. The molecule has 5 rings (SSSR count). The lowest BCUT2D eigenvalue weighted by Gasteiger charge is -2.25. The number of hydrogen-bond donors (Lipinski definition) is 4. The third-order valence-electron chi connectivity index (χ3n) is 8.36. The molecule has 0 spiro atoms. The molecule has 3 unspecified atom stereocenters. The number of hydrogen-bond acceptors (Lipinski definition) is 8. The van der Waals surface area contributed by atoms with Crippen LogP contribution in [0.1, 0.15) is 62.9 Å². The summed E-state index contributed by atoms with van der Waals surface area (Å²) in [5, 5.41) is 13.0. The van der Waals surface area contributed by atoms with E-state index in [4.69, 9.17) is 9.53 Å². The Kier molecular flexibility index (Phi) is 16.9. The molecule has 0 aliphatic heterocycles. The van der Waals surface area contributed by atoms with Gasteiger partial charge in [0, 0.05) is 32.4 Å². The highest BCUT2D eigenvalue weighted by molar-refractivity contribution is 7.78. The standard InChI is InChI=1S/C32H35F3N4O3.C2H6.CH5NS.CH2O/c1-4-42-26-14-23(21-7-5-20(6-8-21)22-9-11-29-28(15-22)37-19(2)39(29)3)13-24(18-40)27(16-26)31(41)38-30-12-10-25(17-36-30)32(33,34)35;1-2;1-2-3;1-2/h5-12,15,17,23-24,26-27,40H,4,13-14,16,18H2,1-3H3,(H,36,38,41);1-2H3;2-3H,1H3;1H2/t23?,24-,26?,27?;;;/m0.../s1. The van der Waals surface area contributed by atoms with Gasteiger partial charge in [0.15, 0.2) is 0 Å². The van der Waals surface area contributed by atoms with Crippen molar-refractivity contribution in [3.63, 3.8) is 0 Å². The number of pyridine rings is 1. The molecule has 13 heteroatoms. The summed E-state index contributed by atoms with van der Waals surface area (Å²) in [5.74, 6) is -0.292. The van der Waals surface area contributed by atoms with E-state index in [2.05, 4.69) is 79.9 Å². The summed E-state index contributed by atoms with van der Waals surface area (Å²) in [4.78, 5) is 29.8. The number of aliphatic hydroxyl groups excluding tert-OH is 1. The van der Waals surface area contributed by atoms with Gasteiger partial charge in [0.1, 0.15) is 18.4 Å². The van der Waals surface area contributed by atoms with Gasteiger partial charge in [0.2, 0.25) is 5.91 Å². The number of aliphatic hydroxyl groups is 1. The Hall–Kier alpha value is -3.78. The second kappa shape index (κ2) is 20.0. The van der Waals surface area contributed by atoms with E-state index in [0.29, 0.717) is 32.1 Å². The molecule has 0 radical (unpaired) electrons. The topological polar surface area (TPSA) is 118 Å². The number of nitrogens with zero attached hydrogens (tertiary/aromatic N) is 3. The van der Waals surface area contributed by atoms with E-state index >= 15 is 0 Å². The summed E-state index contributed by atoms with van der Waals surface area (Å²) in [5.41, 5.74) is 4.38. The first-order chi connectivity index (χ1) is 23.5. The molecule has 0 bridgehead atoms. The minimum absolute atomic E-state index is 0.0353. The van der Waals surface area contributed by atoms with Crippen LogP contribution in [0.2, 0.25) is 0 Å². The van der Waals surface area contributed by atoms with Gasteiger partial charge in [-0.05, 0) is 92.9 Å². The maximum absolute atomic E-state index is 13.3. The van der Waals surface area contributed by atoms with E-state index in [9.17, 15) is 23.1 Å². The van der Waals surface area contributed by atoms with E-state index in [0.717, 1.165) is 45.7 Å². The SMILES string of the molecule is C=O.CC.CCOC1CC(c2ccc(-c3ccc4c(c3)nc(C)n4C)cc2)C[C@@H](CO)C(C(=O)Nc2ccc(C(F)(F)F)cn2)C1.CNS. The first kappa shape index (κ1) is 41.4. The van der Waals surface area contributed by atoms with Crippen LogP contribution in [0.3, 0.4) is 0 Å². The number of alkyl halides is 3. The van der Waals surface area contributed by atoms with Crippen LogP contribution in [0.5, 0.6) is 0 Å². The lowest BCUT2D eigenvalue weighted by Crippen LogP contribution is -2.33. The molecular formula is C36H48F3N5O4S. The summed E-state index contributed by atoms with van der Waals surface area (Å²) < 4.78 is 49.3. The van der Waals surface area contributed by atoms with Gasteiger partial charge >= 0.3 is 6.18 Å². The number of fused-ring (bicyclic) bond motifs is 1. The second-order valence-electron chi connectivity index (χ2n) is 11.2. The number of benzene rings is 2. The average molecular weight is 704 g/mol. The molecule has 3 N–H and O–H groups in total. The zero-order valence-corrected chi connectivity index (χ0v) is 29.8. The van der Waals surface area contributed by atoms with Crippen molar-refractivity contribution < 1.29 is 32.6 Å². The monoisotopic (exact) mass is 703 g/mol. The van der Waals surface area contributed by atoms with Crippen molar-refractivity contribution in [3.05, 3.63) is 77.7 Å². The third-order valence-corrected chi connectivity index (χ3v) is 8.36. The van der Waals surface area contributed by atoms with Gasteiger partial charge in [0.25, 0.3) is 0 Å². The van der Waals surface area contributed by atoms with E-state index in [-0.39, 0.29) is 36.3 Å². The highest BCUT2D eigenvalue weighted by Gasteiger charge is 2.38. The van der Waals surface area contributed by atoms with Crippen molar-refractivity contribution in [2.45, 2.75) is 65.2 Å². The Morgan fingerprint density at radius 2 is 1.69 bits per heavy atom. The summed E-state index contributed by atoms with van der Waals surface area (Å²) >= 11 is 3.54. The zero-order valence-electron chi connectivity index (χ0n) is 28.9. The van der Waals surface area contributed by atoms with Crippen LogP contribution in [0.15, 0.2) is 60.8 Å². The number of aromatic nitrogens is 3. The van der Waals surface area contributed by atoms with E-state index < -0.39 is 17.7 Å². The number of carbonyl (C=O) groups is 2. The number of aryl methyl sites for hydroxylation is 2. The van der Waals surface area contributed by atoms with Gasteiger partial charge < -0.3 is 24.5 Å². The Balaban J connectivity index is 0.00000111. The third kappa shape index (κ3) is 11.1. The number of halogens is 3. The van der Waals surface area contributed by atoms with Crippen molar-refractivity contribution in [3.8, 4) is 11.1 Å². The molecule has 4 aromatic rings. The smallest absolute Gasteiger partial charge is 0.396 e. The first-order valence-corrected chi connectivity index (χ1v) is 16.6. The molecular weight excluding hydrogens is 655 g/mol. The fourth-order valence-corrected chi connectivity index (χ4v) is 5.98. The fraction of sp³-hybridized carbons (Fsp3) is 0.444. The van der Waals surface area contributed by atoms with E-state index in [1.807, 2.05) is 41.5 Å². The van der Waals surface area contributed by atoms with Crippen LogP contribution in [0, 0.1) is 18.8 Å². The van der Waals surface area contributed by atoms with Crippen LogP contribution in [0.4, 0.5) is 19.0 Å². The number of ether oxygens (including phenoxy) is 1. The molecule has 2 aromatic carbocycles. The van der Waals surface area contributed by atoms with Crippen LogP contribution in [-0.2, 0) is 27.5 Å². The van der Waals surface area contributed by atoms with Crippen LogP contribution < -0.4 is 10.0 Å². The normalized spacial score (nSPS) is 18.8. The van der Waals surface area contributed by atoms with Crippen molar-refractivity contribution in [1.82, 2.24) is 19.3 Å². The Labute approximate surface area is 292 Å². The number of anilines is 1. The molecule has 1 saturated carbocycles. The molecule has 1 aliphatic rings. The second-order valence-corrected chi connectivity index (χ2v) is 11.7. The van der Waals surface area contributed by atoms with E-state index in [1.165, 1.54) is 0 Å². The van der Waals surface area contributed by atoms with Gasteiger partial charge in [-0.15, -0.1) is 0 Å². The summed E-state index contributed by atoms with van der Waals surface area (Å²) in [6, 6.07) is 16.6. The predicted octanol–water partition coefficient (Wildman–Crippen LogP) is 7.39. The lowest BCUT2D eigenvalue weighted by molar-refractivity contribution is -0.137. The minimum atomic E-state index is -4.51. The molecule has 1 amide bonds. The van der Waals surface area contributed by atoms with Crippen molar-refractivity contribution in [2.75, 3.05) is 25.6 Å². The summed E-state index contributed by atoms with van der Waals surface area (Å²) in [6.45, 7) is 10.2. The first-order valence-electron chi connectivity index (χ1n) is 16.2. The predicted molar refractivity (Wildman–Crippen MR) is 191 cm³/mol. The van der Waals surface area contributed by atoms with Crippen molar-refractivity contribution in [2.24, 2.45) is 18.9 Å². The average Bonchev–Trinajstić information content (AvgIpc) is 3.26. The van der Waals surface area contributed by atoms with Crippen molar-refractivity contribution >= 4 is 42.4 Å². The van der Waals surface area contributed by atoms with Gasteiger partial charge in [0.05, 0.1) is 22.7 Å². The Bertz CT molecular complexity index is 1580. The molecule has 49 heavy (non-hydrogen) atoms. The molecule has 0 saturated heterocycles. The lowest BCUT2D eigenvalue weighted by atomic mass is 9.83. The number of imidazole rings is 1. The largest absolute Gasteiger partial charge is 0.417 e. The highest BCUT2D eigenvalue weighted by Crippen LogP contribution is 2.40. The Morgan fingerprint density at radius 1 is 1.06 bits per heavy atom. The number of carbonyl (C=O) groups excluding carboxylic acids is 2. The molecule has 2 aromatic heterocycles. The molecule has 4 atom stereocenters. The Morgan fingerprint density at radius 3 is 2.24 bits per heavy atom. The van der Waals surface area contributed by atoms with Gasteiger partial charge in [-0.1, -0.05) is 57.0 Å². The highest BCUT2D eigenvalue weighted by atomic mass is 32.1. The minimum Gasteiger partial charge on any atom is -0.396 e. The number of rotatable bonds is 7. The molecule has 268 valence electrons. The number of amides is 1. The van der Waals surface area contributed by atoms with Crippen LogP contribution in [0.25, 0.3) is 22.2 Å². The molecule has 1 aliphatic carbocycles. The molecule has 2 heterocycles.